The van der Waals surface area contributed by atoms with Gasteiger partial charge in [0.05, 0.1) is 10.2 Å². The Bertz CT molecular complexity index is 554. The van der Waals surface area contributed by atoms with Gasteiger partial charge < -0.3 is 0 Å². The number of aromatic nitrogens is 1. The highest BCUT2D eigenvalue weighted by Crippen LogP contribution is 2.40. The molecular formula is C17H23NS. The van der Waals surface area contributed by atoms with Gasteiger partial charge in [-0.3, -0.25) is 0 Å². The fraction of sp³-hybridized carbons (Fsp3) is 0.471. The summed E-state index contributed by atoms with van der Waals surface area (Å²) in [7, 11) is 0. The van der Waals surface area contributed by atoms with Crippen LogP contribution >= 0.6 is 11.3 Å². The third kappa shape index (κ3) is 3.24. The molecule has 0 aliphatic heterocycles. The SMILES string of the molecule is CC/C(C)=C\C(c1nc2ccccc2s1)C(C)(C)C. The quantitative estimate of drug-likeness (QED) is 0.646. The van der Waals surface area contributed by atoms with Crippen LogP contribution in [0.3, 0.4) is 0 Å². The Labute approximate surface area is 120 Å². The Morgan fingerprint density at radius 1 is 1.32 bits per heavy atom. The van der Waals surface area contributed by atoms with Crippen molar-refractivity contribution in [3.05, 3.63) is 40.9 Å². The highest BCUT2D eigenvalue weighted by molar-refractivity contribution is 7.18. The molecule has 19 heavy (non-hydrogen) atoms. The summed E-state index contributed by atoms with van der Waals surface area (Å²) in [6.45, 7) is 11.3. The predicted molar refractivity (Wildman–Crippen MR) is 85.9 cm³/mol. The van der Waals surface area contributed by atoms with Crippen LogP contribution in [0.15, 0.2) is 35.9 Å². The number of para-hydroxylation sites is 1. The Balaban J connectivity index is 2.49. The standard InChI is InChI=1S/C17H23NS/c1-6-12(2)11-13(17(3,4)5)16-18-14-9-7-8-10-15(14)19-16/h7-11,13H,6H2,1-5H3/b12-11-. The lowest BCUT2D eigenvalue weighted by Gasteiger charge is -2.27. The Hall–Kier alpha value is -1.15. The molecule has 0 aliphatic carbocycles. The van der Waals surface area contributed by atoms with Crippen molar-refractivity contribution in [3.8, 4) is 0 Å². The molecule has 1 aromatic carbocycles. The van der Waals surface area contributed by atoms with Crippen molar-refractivity contribution in [2.75, 3.05) is 0 Å². The molecule has 0 spiro atoms. The van der Waals surface area contributed by atoms with Crippen LogP contribution in [0.25, 0.3) is 10.2 Å². The van der Waals surface area contributed by atoms with Crippen molar-refractivity contribution >= 4 is 21.6 Å². The van der Waals surface area contributed by atoms with Crippen molar-refractivity contribution in [1.82, 2.24) is 4.98 Å². The van der Waals surface area contributed by atoms with Crippen LogP contribution in [0.4, 0.5) is 0 Å². The molecule has 0 fully saturated rings. The molecule has 102 valence electrons. The van der Waals surface area contributed by atoms with Crippen LogP contribution in [0, 0.1) is 5.41 Å². The number of rotatable bonds is 3. The van der Waals surface area contributed by atoms with Gasteiger partial charge in [0.25, 0.3) is 0 Å². The van der Waals surface area contributed by atoms with E-state index < -0.39 is 0 Å². The maximum atomic E-state index is 4.84. The van der Waals surface area contributed by atoms with E-state index in [0.29, 0.717) is 5.92 Å². The minimum Gasteiger partial charge on any atom is -0.241 e. The van der Waals surface area contributed by atoms with E-state index in [1.807, 2.05) is 11.3 Å². The molecule has 1 atom stereocenters. The second-order valence-electron chi connectivity index (χ2n) is 6.23. The molecule has 2 rings (SSSR count). The largest absolute Gasteiger partial charge is 0.241 e. The highest BCUT2D eigenvalue weighted by atomic mass is 32.1. The summed E-state index contributed by atoms with van der Waals surface area (Å²) < 4.78 is 1.29. The first kappa shape index (κ1) is 14.3. The Morgan fingerprint density at radius 2 is 2.00 bits per heavy atom. The van der Waals surface area contributed by atoms with Crippen LogP contribution in [0.5, 0.6) is 0 Å². The van der Waals surface area contributed by atoms with Gasteiger partial charge in [-0.25, -0.2) is 4.98 Å². The van der Waals surface area contributed by atoms with E-state index >= 15 is 0 Å². The van der Waals surface area contributed by atoms with E-state index in [9.17, 15) is 0 Å². The molecule has 0 radical (unpaired) electrons. The summed E-state index contributed by atoms with van der Waals surface area (Å²) in [5, 5.41) is 1.24. The van der Waals surface area contributed by atoms with E-state index in [2.05, 4.69) is 65.0 Å². The molecule has 0 saturated heterocycles. The number of fused-ring (bicyclic) bond motifs is 1. The number of allylic oxidation sites excluding steroid dienone is 2. The average molecular weight is 273 g/mol. The van der Waals surface area contributed by atoms with Crippen molar-refractivity contribution < 1.29 is 0 Å². The monoisotopic (exact) mass is 273 g/mol. The topological polar surface area (TPSA) is 12.9 Å². The first-order chi connectivity index (χ1) is 8.91. The van der Waals surface area contributed by atoms with Crippen LogP contribution < -0.4 is 0 Å². The number of hydrogen-bond acceptors (Lipinski definition) is 2. The van der Waals surface area contributed by atoms with Crippen molar-refractivity contribution in [2.24, 2.45) is 5.41 Å². The van der Waals surface area contributed by atoms with Crippen molar-refractivity contribution in [3.63, 3.8) is 0 Å². The molecule has 0 saturated carbocycles. The van der Waals surface area contributed by atoms with Gasteiger partial charge in [-0.05, 0) is 30.9 Å². The summed E-state index contributed by atoms with van der Waals surface area (Å²) >= 11 is 1.83. The lowest BCUT2D eigenvalue weighted by atomic mass is 9.80. The van der Waals surface area contributed by atoms with Gasteiger partial charge in [0, 0.05) is 5.92 Å². The third-order valence-corrected chi connectivity index (χ3v) is 4.64. The molecule has 2 heteroatoms. The molecule has 0 N–H and O–H groups in total. The molecule has 2 aromatic rings. The number of thiazole rings is 1. The normalized spacial score (nSPS) is 14.9. The molecule has 1 aromatic heterocycles. The van der Waals surface area contributed by atoms with Gasteiger partial charge in [-0.2, -0.15) is 0 Å². The zero-order valence-electron chi connectivity index (χ0n) is 12.5. The van der Waals surface area contributed by atoms with E-state index in [0.717, 1.165) is 11.9 Å². The molecule has 1 unspecified atom stereocenters. The zero-order valence-corrected chi connectivity index (χ0v) is 13.3. The zero-order chi connectivity index (χ0) is 14.0. The molecule has 0 amide bonds. The molecule has 0 aliphatic rings. The number of nitrogens with zero attached hydrogens (tertiary/aromatic N) is 1. The molecule has 1 heterocycles. The summed E-state index contributed by atoms with van der Waals surface area (Å²) in [6, 6.07) is 8.41. The second kappa shape index (κ2) is 5.46. The van der Waals surface area contributed by atoms with Gasteiger partial charge in [-0.15, -0.1) is 11.3 Å². The summed E-state index contributed by atoms with van der Waals surface area (Å²) in [4.78, 5) is 4.84. The van der Waals surface area contributed by atoms with E-state index in [1.165, 1.54) is 15.3 Å². The average Bonchev–Trinajstić information content (AvgIpc) is 2.77. The Morgan fingerprint density at radius 3 is 2.58 bits per heavy atom. The van der Waals surface area contributed by atoms with Crippen LogP contribution in [-0.2, 0) is 0 Å². The Kier molecular flexibility index (Phi) is 4.10. The lowest BCUT2D eigenvalue weighted by molar-refractivity contribution is 0.364. The fourth-order valence-electron chi connectivity index (χ4n) is 2.12. The maximum Gasteiger partial charge on any atom is 0.101 e. The van der Waals surface area contributed by atoms with Crippen LogP contribution in [0.2, 0.25) is 0 Å². The van der Waals surface area contributed by atoms with Crippen LogP contribution in [-0.4, -0.2) is 4.98 Å². The van der Waals surface area contributed by atoms with Crippen molar-refractivity contribution in [1.29, 1.82) is 0 Å². The van der Waals surface area contributed by atoms with Gasteiger partial charge in [0.1, 0.15) is 5.01 Å². The number of hydrogen-bond donors (Lipinski definition) is 0. The smallest absolute Gasteiger partial charge is 0.101 e. The van der Waals surface area contributed by atoms with E-state index in [-0.39, 0.29) is 5.41 Å². The lowest BCUT2D eigenvalue weighted by Crippen LogP contribution is -2.16. The predicted octanol–water partition coefficient (Wildman–Crippen LogP) is 5.78. The summed E-state index contributed by atoms with van der Waals surface area (Å²) in [5.41, 5.74) is 2.77. The summed E-state index contributed by atoms with van der Waals surface area (Å²) in [6.07, 6.45) is 3.51. The molecule has 0 bridgehead atoms. The number of benzene rings is 1. The first-order valence-corrected chi connectivity index (χ1v) is 7.76. The third-order valence-electron chi connectivity index (χ3n) is 3.52. The molecule has 1 nitrogen and oxygen atoms in total. The van der Waals surface area contributed by atoms with E-state index in [1.54, 1.807) is 0 Å². The highest BCUT2D eigenvalue weighted by Gasteiger charge is 2.27. The minimum absolute atomic E-state index is 0.199. The van der Waals surface area contributed by atoms with Gasteiger partial charge >= 0.3 is 0 Å². The van der Waals surface area contributed by atoms with Gasteiger partial charge in [-0.1, -0.05) is 51.5 Å². The summed E-state index contributed by atoms with van der Waals surface area (Å²) in [5.74, 6) is 0.393. The van der Waals surface area contributed by atoms with Gasteiger partial charge in [0.2, 0.25) is 0 Å². The first-order valence-electron chi connectivity index (χ1n) is 6.94. The van der Waals surface area contributed by atoms with E-state index in [4.69, 9.17) is 4.98 Å². The van der Waals surface area contributed by atoms with Crippen molar-refractivity contribution in [2.45, 2.75) is 47.0 Å². The van der Waals surface area contributed by atoms with Gasteiger partial charge in [0.15, 0.2) is 0 Å². The minimum atomic E-state index is 0.199. The fourth-order valence-corrected chi connectivity index (χ4v) is 3.40. The second-order valence-corrected chi connectivity index (χ2v) is 7.29. The maximum absolute atomic E-state index is 4.84. The van der Waals surface area contributed by atoms with Crippen LogP contribution in [0.1, 0.15) is 52.0 Å². The molecular weight excluding hydrogens is 250 g/mol.